The van der Waals surface area contributed by atoms with Crippen LogP contribution in [0.25, 0.3) is 28.3 Å². The van der Waals surface area contributed by atoms with Crippen molar-refractivity contribution in [3.63, 3.8) is 0 Å². The van der Waals surface area contributed by atoms with Crippen LogP contribution in [0.5, 0.6) is 0 Å². The molecule has 5 rings (SSSR count). The molecule has 37 heavy (non-hydrogen) atoms. The van der Waals surface area contributed by atoms with E-state index in [2.05, 4.69) is 21.3 Å². The normalized spacial score (nSPS) is 15.6. The number of hydrogen-bond acceptors (Lipinski definition) is 7. The van der Waals surface area contributed by atoms with E-state index in [0.29, 0.717) is 19.5 Å². The average molecular weight is 502 g/mol. The molecule has 192 valence electrons. The van der Waals surface area contributed by atoms with Gasteiger partial charge in [0.1, 0.15) is 17.1 Å². The van der Waals surface area contributed by atoms with Gasteiger partial charge in [0.2, 0.25) is 0 Å². The minimum atomic E-state index is -0.522. The van der Waals surface area contributed by atoms with Crippen LogP contribution in [0.15, 0.2) is 43.2 Å². The van der Waals surface area contributed by atoms with Gasteiger partial charge in [-0.25, -0.2) is 14.8 Å². The number of piperidine rings is 1. The first-order valence-corrected chi connectivity index (χ1v) is 12.4. The Morgan fingerprint density at radius 2 is 1.95 bits per heavy atom. The van der Waals surface area contributed by atoms with E-state index in [0.717, 1.165) is 41.1 Å². The molecule has 1 amide bonds. The van der Waals surface area contributed by atoms with Crippen LogP contribution in [0.3, 0.4) is 0 Å². The largest absolute Gasteiger partial charge is 0.444 e. The van der Waals surface area contributed by atoms with Gasteiger partial charge in [-0.15, -0.1) is 0 Å². The Morgan fingerprint density at radius 3 is 2.62 bits per heavy atom. The van der Waals surface area contributed by atoms with Crippen LogP contribution in [0, 0.1) is 17.2 Å². The van der Waals surface area contributed by atoms with Crippen LogP contribution < -0.4 is 0 Å². The number of likely N-dealkylation sites (tertiary alicyclic amines) is 1. The first-order valence-electron chi connectivity index (χ1n) is 12.4. The summed E-state index contributed by atoms with van der Waals surface area (Å²) < 4.78 is 11.1. The highest BCUT2D eigenvalue weighted by atomic mass is 16.6. The molecule has 5 heterocycles. The van der Waals surface area contributed by atoms with Crippen LogP contribution >= 0.6 is 0 Å². The van der Waals surface area contributed by atoms with Gasteiger partial charge in [0.25, 0.3) is 0 Å². The lowest BCUT2D eigenvalue weighted by Crippen LogP contribution is -2.43. The van der Waals surface area contributed by atoms with Crippen LogP contribution in [0.2, 0.25) is 0 Å². The maximum absolute atomic E-state index is 12.5. The topological polar surface area (TPSA) is 119 Å². The van der Waals surface area contributed by atoms with Crippen molar-refractivity contribution in [3.05, 3.63) is 43.2 Å². The van der Waals surface area contributed by atoms with Crippen LogP contribution in [-0.4, -0.2) is 63.6 Å². The highest BCUT2D eigenvalue weighted by Gasteiger charge is 2.32. The number of aryl methyl sites for hydroxylation is 1. The highest BCUT2D eigenvalue weighted by Crippen LogP contribution is 2.33. The summed E-state index contributed by atoms with van der Waals surface area (Å²) in [5, 5.41) is 18.5. The monoisotopic (exact) mass is 501 g/mol. The molecule has 0 N–H and O–H groups in total. The van der Waals surface area contributed by atoms with Crippen molar-refractivity contribution in [1.29, 1.82) is 5.26 Å². The van der Waals surface area contributed by atoms with Gasteiger partial charge < -0.3 is 9.64 Å². The standard InChI is InChI=1S/C26H31N9O2/c1-26(2,3)37-25(36)33-10-6-18(7-11-33)22(5-8-27)35-17-20(15-30-35)24-31-21(19-14-29-32(4)16-19)13-23-28-9-12-34(23)24/h9,12-18,22H,5-7,10-11H2,1-4H3. The summed E-state index contributed by atoms with van der Waals surface area (Å²) in [6, 6.07) is 4.16. The summed E-state index contributed by atoms with van der Waals surface area (Å²) in [6.45, 7) is 6.80. The Labute approximate surface area is 215 Å². The first-order chi connectivity index (χ1) is 17.7. The van der Waals surface area contributed by atoms with Crippen molar-refractivity contribution in [1.82, 2.24) is 38.8 Å². The van der Waals surface area contributed by atoms with Crippen molar-refractivity contribution in [2.24, 2.45) is 13.0 Å². The Balaban J connectivity index is 1.38. The zero-order valence-electron chi connectivity index (χ0n) is 21.6. The SMILES string of the molecule is Cn1cc(-c2cc3nccn3c(-c3cnn(C(CC#N)C4CCN(C(=O)OC(C)(C)C)CC4)c3)n2)cn1. The molecule has 11 nitrogen and oxygen atoms in total. The molecule has 1 fully saturated rings. The molecule has 1 unspecified atom stereocenters. The predicted octanol–water partition coefficient (Wildman–Crippen LogP) is 4.10. The van der Waals surface area contributed by atoms with Crippen molar-refractivity contribution < 1.29 is 9.53 Å². The minimum absolute atomic E-state index is 0.0979. The van der Waals surface area contributed by atoms with Crippen molar-refractivity contribution in [2.45, 2.75) is 51.7 Å². The second kappa shape index (κ2) is 9.69. The lowest BCUT2D eigenvalue weighted by molar-refractivity contribution is 0.0160. The van der Waals surface area contributed by atoms with E-state index in [4.69, 9.17) is 9.72 Å². The maximum Gasteiger partial charge on any atom is 0.410 e. The third-order valence-corrected chi connectivity index (χ3v) is 6.63. The van der Waals surface area contributed by atoms with Gasteiger partial charge in [-0.1, -0.05) is 0 Å². The van der Waals surface area contributed by atoms with Crippen molar-refractivity contribution >= 4 is 11.7 Å². The Hall–Kier alpha value is -4.20. The van der Waals surface area contributed by atoms with Crippen LogP contribution in [-0.2, 0) is 11.8 Å². The van der Waals surface area contributed by atoms with Gasteiger partial charge in [0.05, 0.1) is 42.2 Å². The van der Waals surface area contributed by atoms with E-state index in [1.807, 2.05) is 61.6 Å². The number of ether oxygens (including phenoxy) is 1. The predicted molar refractivity (Wildman–Crippen MR) is 136 cm³/mol. The molecule has 1 aliphatic rings. The summed E-state index contributed by atoms with van der Waals surface area (Å²) in [6.07, 6.45) is 12.7. The second-order valence-electron chi connectivity index (χ2n) is 10.5. The molecule has 11 heteroatoms. The number of hydrogen-bond donors (Lipinski definition) is 0. The van der Waals surface area contributed by atoms with E-state index < -0.39 is 5.60 Å². The fourth-order valence-electron chi connectivity index (χ4n) is 4.83. The average Bonchev–Trinajstić information content (AvgIpc) is 3.62. The lowest BCUT2D eigenvalue weighted by atomic mass is 9.88. The molecular formula is C26H31N9O2. The number of carbonyl (C=O) groups excluding carboxylic acids is 1. The Kier molecular flexibility index (Phi) is 6.41. The van der Waals surface area contributed by atoms with Gasteiger partial charge in [-0.3, -0.25) is 13.8 Å². The molecule has 1 atom stereocenters. The molecule has 4 aromatic rings. The molecular weight excluding hydrogens is 470 g/mol. The zero-order chi connectivity index (χ0) is 26.2. The smallest absolute Gasteiger partial charge is 0.410 e. The number of imidazole rings is 1. The maximum atomic E-state index is 12.5. The van der Waals surface area contributed by atoms with Crippen LogP contribution in [0.1, 0.15) is 46.1 Å². The number of nitriles is 1. The molecule has 4 aromatic heterocycles. The van der Waals surface area contributed by atoms with Gasteiger partial charge in [0, 0.05) is 56.6 Å². The summed E-state index contributed by atoms with van der Waals surface area (Å²) in [7, 11) is 1.87. The summed E-state index contributed by atoms with van der Waals surface area (Å²) in [5.74, 6) is 0.935. The molecule has 0 radical (unpaired) electrons. The number of nitrogens with zero attached hydrogens (tertiary/aromatic N) is 9. The quantitative estimate of drug-likeness (QED) is 0.404. The first kappa shape index (κ1) is 24.5. The van der Waals surface area contributed by atoms with Gasteiger partial charge in [-0.05, 0) is 39.5 Å². The van der Waals surface area contributed by atoms with Crippen LogP contribution in [0.4, 0.5) is 4.79 Å². The van der Waals surface area contributed by atoms with E-state index >= 15 is 0 Å². The second-order valence-corrected chi connectivity index (χ2v) is 10.5. The van der Waals surface area contributed by atoms with E-state index in [1.165, 1.54) is 0 Å². The van der Waals surface area contributed by atoms with Crippen molar-refractivity contribution in [2.75, 3.05) is 13.1 Å². The summed E-state index contributed by atoms with van der Waals surface area (Å²) in [4.78, 5) is 23.6. The molecule has 1 saturated heterocycles. The molecule has 0 aromatic carbocycles. The van der Waals surface area contributed by atoms with Gasteiger partial charge in [-0.2, -0.15) is 15.5 Å². The van der Waals surface area contributed by atoms with Gasteiger partial charge in [0.15, 0.2) is 0 Å². The fourth-order valence-corrected chi connectivity index (χ4v) is 4.83. The molecule has 0 spiro atoms. The van der Waals surface area contributed by atoms with E-state index in [9.17, 15) is 10.1 Å². The number of rotatable bonds is 5. The molecule has 0 aliphatic carbocycles. The highest BCUT2D eigenvalue weighted by molar-refractivity contribution is 5.69. The van der Waals surface area contributed by atoms with E-state index in [-0.39, 0.29) is 18.1 Å². The number of carbonyl (C=O) groups is 1. The number of aromatic nitrogens is 7. The fraction of sp³-hybridized carbons (Fsp3) is 0.462. The van der Waals surface area contributed by atoms with E-state index in [1.54, 1.807) is 28.2 Å². The summed E-state index contributed by atoms with van der Waals surface area (Å²) >= 11 is 0. The minimum Gasteiger partial charge on any atom is -0.444 e. The number of amides is 1. The lowest BCUT2D eigenvalue weighted by Gasteiger charge is -2.36. The van der Waals surface area contributed by atoms with Crippen molar-refractivity contribution in [3.8, 4) is 28.7 Å². The zero-order valence-corrected chi connectivity index (χ0v) is 21.6. The molecule has 0 bridgehead atoms. The number of fused-ring (bicyclic) bond motifs is 1. The molecule has 0 saturated carbocycles. The van der Waals surface area contributed by atoms with Gasteiger partial charge >= 0.3 is 6.09 Å². The summed E-state index contributed by atoms with van der Waals surface area (Å²) in [5.41, 5.74) is 2.77. The Bertz CT molecular complexity index is 1440. The third kappa shape index (κ3) is 5.18. The third-order valence-electron chi connectivity index (χ3n) is 6.63. The Morgan fingerprint density at radius 1 is 1.19 bits per heavy atom. The molecule has 1 aliphatic heterocycles.